The summed E-state index contributed by atoms with van der Waals surface area (Å²) in [6.07, 6.45) is 5.09. The largest absolute Gasteiger partial charge is 0.389 e. The van der Waals surface area contributed by atoms with Crippen LogP contribution in [-0.4, -0.2) is 24.7 Å². The van der Waals surface area contributed by atoms with Crippen molar-refractivity contribution in [3.63, 3.8) is 0 Å². The number of aliphatic hydroxyl groups is 1. The molecule has 2 rings (SSSR count). The molecule has 0 bridgehead atoms. The van der Waals surface area contributed by atoms with Crippen LogP contribution >= 0.6 is 0 Å². The molecule has 0 fully saturated rings. The van der Waals surface area contributed by atoms with Crippen molar-refractivity contribution in [3.05, 3.63) is 34.9 Å². The van der Waals surface area contributed by atoms with Gasteiger partial charge in [0.05, 0.1) is 24.5 Å². The van der Waals surface area contributed by atoms with E-state index in [1.165, 1.54) is 0 Å². The molecule has 5 nitrogen and oxygen atoms in total. The van der Waals surface area contributed by atoms with E-state index in [0.29, 0.717) is 6.54 Å². The molecule has 1 unspecified atom stereocenters. The fraction of sp³-hybridized carbons (Fsp3) is 0.571. The first-order valence-corrected chi connectivity index (χ1v) is 6.80. The molecule has 1 atom stereocenters. The maximum absolute atomic E-state index is 9.96. The van der Waals surface area contributed by atoms with Gasteiger partial charge in [0, 0.05) is 30.1 Å². The van der Waals surface area contributed by atoms with E-state index >= 15 is 0 Å². The summed E-state index contributed by atoms with van der Waals surface area (Å²) in [7, 11) is 1.91. The van der Waals surface area contributed by atoms with Gasteiger partial charge in [-0.05, 0) is 19.8 Å². The predicted molar refractivity (Wildman–Crippen MR) is 73.9 cm³/mol. The van der Waals surface area contributed by atoms with Crippen molar-refractivity contribution < 1.29 is 5.11 Å². The van der Waals surface area contributed by atoms with Crippen LogP contribution < -0.4 is 0 Å². The number of aryl methyl sites for hydroxylation is 2. The first-order valence-electron chi connectivity index (χ1n) is 6.80. The predicted octanol–water partition coefficient (Wildman–Crippen LogP) is 1.84. The summed E-state index contributed by atoms with van der Waals surface area (Å²) in [5.74, 6) is 0. The molecule has 0 saturated heterocycles. The van der Waals surface area contributed by atoms with E-state index in [9.17, 15) is 5.11 Å². The first-order chi connectivity index (χ1) is 9.06. The summed E-state index contributed by atoms with van der Waals surface area (Å²) in [5, 5.41) is 18.8. The molecule has 2 aromatic heterocycles. The molecule has 5 heteroatoms. The highest BCUT2D eigenvalue weighted by molar-refractivity contribution is 5.29. The minimum absolute atomic E-state index is 0.465. The lowest BCUT2D eigenvalue weighted by Gasteiger charge is -2.09. The Kier molecular flexibility index (Phi) is 4.04. The molecule has 0 aliphatic rings. The van der Waals surface area contributed by atoms with E-state index in [1.54, 1.807) is 4.68 Å². The zero-order valence-electron chi connectivity index (χ0n) is 12.1. The van der Waals surface area contributed by atoms with E-state index in [4.69, 9.17) is 0 Å². The Morgan fingerprint density at radius 1 is 1.32 bits per heavy atom. The van der Waals surface area contributed by atoms with Crippen LogP contribution in [0.3, 0.4) is 0 Å². The molecule has 0 amide bonds. The van der Waals surface area contributed by atoms with Crippen LogP contribution in [0.5, 0.6) is 0 Å². The van der Waals surface area contributed by atoms with Gasteiger partial charge < -0.3 is 5.11 Å². The van der Waals surface area contributed by atoms with Crippen LogP contribution in [0.15, 0.2) is 12.4 Å². The van der Waals surface area contributed by atoms with Gasteiger partial charge in [-0.25, -0.2) is 0 Å². The second kappa shape index (κ2) is 5.57. The van der Waals surface area contributed by atoms with Crippen LogP contribution in [0.25, 0.3) is 0 Å². The van der Waals surface area contributed by atoms with E-state index in [1.807, 2.05) is 31.0 Å². The molecule has 19 heavy (non-hydrogen) atoms. The van der Waals surface area contributed by atoms with Crippen molar-refractivity contribution in [1.82, 2.24) is 19.6 Å². The molecule has 0 aromatic carbocycles. The lowest BCUT2D eigenvalue weighted by Crippen LogP contribution is -2.07. The number of aromatic nitrogens is 4. The second-order valence-corrected chi connectivity index (χ2v) is 4.87. The summed E-state index contributed by atoms with van der Waals surface area (Å²) >= 11 is 0. The van der Waals surface area contributed by atoms with Gasteiger partial charge in [-0.2, -0.15) is 10.2 Å². The highest BCUT2D eigenvalue weighted by Crippen LogP contribution is 2.24. The van der Waals surface area contributed by atoms with E-state index < -0.39 is 6.10 Å². The SMILES string of the molecule is CCc1nn(Cc2cnn(C)c2)c(CC)c1C(C)O. The van der Waals surface area contributed by atoms with Gasteiger partial charge in [0.15, 0.2) is 0 Å². The van der Waals surface area contributed by atoms with Crippen LogP contribution in [0, 0.1) is 0 Å². The molecule has 2 aromatic rings. The Bertz CT molecular complexity index is 554. The standard InChI is InChI=1S/C14H22N4O/c1-5-12-14(10(3)19)13(6-2)18(16-12)9-11-7-15-17(4)8-11/h7-8,10,19H,5-6,9H2,1-4H3. The van der Waals surface area contributed by atoms with Gasteiger partial charge in [0.25, 0.3) is 0 Å². The van der Waals surface area contributed by atoms with Gasteiger partial charge in [0.2, 0.25) is 0 Å². The molecule has 0 aliphatic heterocycles. The van der Waals surface area contributed by atoms with Crippen molar-refractivity contribution in [3.8, 4) is 0 Å². The Hall–Kier alpha value is -1.62. The molecular formula is C14H22N4O. The van der Waals surface area contributed by atoms with Crippen LogP contribution in [0.1, 0.15) is 49.4 Å². The Morgan fingerprint density at radius 2 is 2.05 bits per heavy atom. The third-order valence-electron chi connectivity index (χ3n) is 3.35. The van der Waals surface area contributed by atoms with Crippen LogP contribution in [0.4, 0.5) is 0 Å². The average molecular weight is 262 g/mol. The fourth-order valence-electron chi connectivity index (χ4n) is 2.54. The molecule has 104 valence electrons. The molecule has 0 aliphatic carbocycles. The molecule has 1 N–H and O–H groups in total. The first kappa shape index (κ1) is 13.8. The summed E-state index contributed by atoms with van der Waals surface area (Å²) in [4.78, 5) is 0. The molecule has 0 radical (unpaired) electrons. The molecule has 0 spiro atoms. The van der Waals surface area contributed by atoms with Crippen molar-refractivity contribution in [2.24, 2.45) is 7.05 Å². The third-order valence-corrected chi connectivity index (χ3v) is 3.35. The summed E-state index contributed by atoms with van der Waals surface area (Å²) in [6, 6.07) is 0. The van der Waals surface area contributed by atoms with E-state index in [-0.39, 0.29) is 0 Å². The number of rotatable bonds is 5. The van der Waals surface area contributed by atoms with Gasteiger partial charge >= 0.3 is 0 Å². The summed E-state index contributed by atoms with van der Waals surface area (Å²) < 4.78 is 3.79. The minimum atomic E-state index is -0.465. The second-order valence-electron chi connectivity index (χ2n) is 4.87. The summed E-state index contributed by atoms with van der Waals surface area (Å²) in [6.45, 7) is 6.69. The van der Waals surface area contributed by atoms with Gasteiger partial charge in [-0.1, -0.05) is 13.8 Å². The summed E-state index contributed by atoms with van der Waals surface area (Å²) in [5.41, 5.74) is 4.24. The van der Waals surface area contributed by atoms with Crippen molar-refractivity contribution in [2.45, 2.75) is 46.3 Å². The maximum atomic E-state index is 9.96. The maximum Gasteiger partial charge on any atom is 0.0798 e. The Balaban J connectivity index is 2.39. The zero-order valence-corrected chi connectivity index (χ0v) is 12.1. The number of hydrogen-bond acceptors (Lipinski definition) is 3. The number of aliphatic hydroxyl groups excluding tert-OH is 1. The third kappa shape index (κ3) is 2.71. The molecular weight excluding hydrogens is 240 g/mol. The van der Waals surface area contributed by atoms with Crippen molar-refractivity contribution >= 4 is 0 Å². The van der Waals surface area contributed by atoms with E-state index in [0.717, 1.165) is 35.4 Å². The van der Waals surface area contributed by atoms with Gasteiger partial charge in [-0.15, -0.1) is 0 Å². The van der Waals surface area contributed by atoms with E-state index in [2.05, 4.69) is 24.0 Å². The van der Waals surface area contributed by atoms with Crippen LogP contribution in [-0.2, 0) is 26.4 Å². The highest BCUT2D eigenvalue weighted by Gasteiger charge is 2.19. The van der Waals surface area contributed by atoms with Crippen molar-refractivity contribution in [1.29, 1.82) is 0 Å². The number of nitrogens with zero attached hydrogens (tertiary/aromatic N) is 4. The fourth-order valence-corrected chi connectivity index (χ4v) is 2.54. The minimum Gasteiger partial charge on any atom is -0.389 e. The molecule has 0 saturated carbocycles. The Morgan fingerprint density at radius 3 is 2.53 bits per heavy atom. The average Bonchev–Trinajstić information content (AvgIpc) is 2.93. The monoisotopic (exact) mass is 262 g/mol. The van der Waals surface area contributed by atoms with Crippen molar-refractivity contribution in [2.75, 3.05) is 0 Å². The Labute approximate surface area is 113 Å². The highest BCUT2D eigenvalue weighted by atomic mass is 16.3. The lowest BCUT2D eigenvalue weighted by atomic mass is 10.0. The normalized spacial score (nSPS) is 12.9. The smallest absolute Gasteiger partial charge is 0.0798 e. The van der Waals surface area contributed by atoms with Gasteiger partial charge in [0.1, 0.15) is 0 Å². The van der Waals surface area contributed by atoms with Gasteiger partial charge in [-0.3, -0.25) is 9.36 Å². The number of hydrogen-bond donors (Lipinski definition) is 1. The lowest BCUT2D eigenvalue weighted by molar-refractivity contribution is 0.197. The molecule has 2 heterocycles. The zero-order chi connectivity index (χ0) is 14.0. The van der Waals surface area contributed by atoms with Crippen LogP contribution in [0.2, 0.25) is 0 Å². The topological polar surface area (TPSA) is 55.9 Å². The quantitative estimate of drug-likeness (QED) is 0.894.